The van der Waals surface area contributed by atoms with Crippen LogP contribution < -0.4 is 5.32 Å². The molecular formula is C16H20Cl2N2O2. The standard InChI is InChI=1S/C16H20Cl2N2O2/c1-9-7-11(16(22)14(21)8-19-3)10(2)20(9)13-6-4-5-12(17)15(13)18/h4-7,14,16,19,21-22H,8H2,1-3H3. The van der Waals surface area contributed by atoms with E-state index < -0.39 is 12.2 Å². The molecule has 1 aromatic carbocycles. The molecule has 2 aromatic rings. The topological polar surface area (TPSA) is 57.4 Å². The minimum atomic E-state index is -0.967. The lowest BCUT2D eigenvalue weighted by Gasteiger charge is -2.18. The zero-order chi connectivity index (χ0) is 16.4. The Morgan fingerprint density at radius 3 is 2.55 bits per heavy atom. The third-order valence-electron chi connectivity index (χ3n) is 3.74. The van der Waals surface area contributed by atoms with Gasteiger partial charge in [-0.25, -0.2) is 0 Å². The summed E-state index contributed by atoms with van der Waals surface area (Å²) in [6.07, 6.45) is -1.85. The molecule has 1 heterocycles. The zero-order valence-electron chi connectivity index (χ0n) is 12.8. The number of aryl methyl sites for hydroxylation is 1. The first-order valence-electron chi connectivity index (χ1n) is 7.02. The van der Waals surface area contributed by atoms with Crippen LogP contribution in [0.1, 0.15) is 23.1 Å². The summed E-state index contributed by atoms with van der Waals surface area (Å²) in [5.74, 6) is 0. The molecule has 0 radical (unpaired) electrons. The van der Waals surface area contributed by atoms with Gasteiger partial charge < -0.3 is 20.1 Å². The van der Waals surface area contributed by atoms with Crippen LogP contribution in [0, 0.1) is 13.8 Å². The summed E-state index contributed by atoms with van der Waals surface area (Å²) in [5.41, 5.74) is 3.17. The number of rotatable bonds is 5. The minimum Gasteiger partial charge on any atom is -0.389 e. The first-order valence-corrected chi connectivity index (χ1v) is 7.78. The van der Waals surface area contributed by atoms with E-state index in [1.54, 1.807) is 13.1 Å². The second-order valence-electron chi connectivity index (χ2n) is 5.30. The number of hydrogen-bond acceptors (Lipinski definition) is 3. The fourth-order valence-corrected chi connectivity index (χ4v) is 3.03. The first-order chi connectivity index (χ1) is 10.4. The fraction of sp³-hybridized carbons (Fsp3) is 0.375. The maximum absolute atomic E-state index is 10.3. The number of aliphatic hydroxyl groups is 2. The summed E-state index contributed by atoms with van der Waals surface area (Å²) in [7, 11) is 1.73. The Bertz CT molecular complexity index is 670. The van der Waals surface area contributed by atoms with E-state index in [1.165, 1.54) is 0 Å². The average molecular weight is 343 g/mol. The van der Waals surface area contributed by atoms with Gasteiger partial charge in [-0.1, -0.05) is 29.3 Å². The van der Waals surface area contributed by atoms with Crippen LogP contribution in [0.3, 0.4) is 0 Å². The van der Waals surface area contributed by atoms with Crippen molar-refractivity contribution in [3.05, 3.63) is 51.3 Å². The van der Waals surface area contributed by atoms with Crippen molar-refractivity contribution >= 4 is 23.2 Å². The summed E-state index contributed by atoms with van der Waals surface area (Å²) >= 11 is 12.4. The van der Waals surface area contributed by atoms with E-state index in [1.807, 2.05) is 36.6 Å². The number of aliphatic hydroxyl groups excluding tert-OH is 2. The summed E-state index contributed by atoms with van der Waals surface area (Å²) in [6.45, 7) is 4.11. The lowest BCUT2D eigenvalue weighted by Crippen LogP contribution is -2.29. The number of nitrogens with one attached hydrogen (secondary N) is 1. The molecule has 6 heteroatoms. The maximum Gasteiger partial charge on any atom is 0.108 e. The fourth-order valence-electron chi connectivity index (χ4n) is 2.65. The molecule has 120 valence electrons. The minimum absolute atomic E-state index is 0.308. The largest absolute Gasteiger partial charge is 0.389 e. The van der Waals surface area contributed by atoms with Gasteiger partial charge in [0.05, 0.1) is 21.8 Å². The highest BCUT2D eigenvalue weighted by Crippen LogP contribution is 2.33. The number of benzene rings is 1. The van der Waals surface area contributed by atoms with Gasteiger partial charge in [-0.2, -0.15) is 0 Å². The molecule has 0 saturated carbocycles. The molecule has 2 atom stereocenters. The molecule has 0 aliphatic heterocycles. The highest BCUT2D eigenvalue weighted by molar-refractivity contribution is 6.43. The second kappa shape index (κ2) is 7.02. The summed E-state index contributed by atoms with van der Waals surface area (Å²) in [4.78, 5) is 0. The molecule has 2 unspecified atom stereocenters. The van der Waals surface area contributed by atoms with E-state index >= 15 is 0 Å². The number of nitrogens with zero attached hydrogens (tertiary/aromatic N) is 1. The molecule has 2 rings (SSSR count). The molecule has 0 amide bonds. The van der Waals surface area contributed by atoms with Crippen molar-refractivity contribution in [2.45, 2.75) is 26.1 Å². The predicted octanol–water partition coefficient (Wildman–Crippen LogP) is 3.01. The zero-order valence-corrected chi connectivity index (χ0v) is 14.3. The Kier molecular flexibility index (Phi) is 5.53. The van der Waals surface area contributed by atoms with Gasteiger partial charge >= 0.3 is 0 Å². The summed E-state index contributed by atoms with van der Waals surface area (Å²) in [6, 6.07) is 7.28. The third kappa shape index (κ3) is 3.16. The van der Waals surface area contributed by atoms with Gasteiger partial charge in [0, 0.05) is 23.5 Å². The van der Waals surface area contributed by atoms with Crippen molar-refractivity contribution in [3.8, 4) is 5.69 Å². The van der Waals surface area contributed by atoms with Crippen molar-refractivity contribution in [1.82, 2.24) is 9.88 Å². The lowest BCUT2D eigenvalue weighted by molar-refractivity contribution is 0.0199. The lowest BCUT2D eigenvalue weighted by atomic mass is 10.0. The van der Waals surface area contributed by atoms with E-state index in [0.717, 1.165) is 17.1 Å². The van der Waals surface area contributed by atoms with Crippen molar-refractivity contribution in [2.24, 2.45) is 0 Å². The van der Waals surface area contributed by atoms with Crippen molar-refractivity contribution in [3.63, 3.8) is 0 Å². The Morgan fingerprint density at radius 2 is 1.91 bits per heavy atom. The van der Waals surface area contributed by atoms with Crippen LogP contribution in [-0.2, 0) is 0 Å². The van der Waals surface area contributed by atoms with Crippen LogP contribution in [0.2, 0.25) is 10.0 Å². The average Bonchev–Trinajstić information content (AvgIpc) is 2.77. The van der Waals surface area contributed by atoms with Gasteiger partial charge in [0.1, 0.15) is 6.10 Å². The molecule has 3 N–H and O–H groups in total. The molecule has 1 aromatic heterocycles. The summed E-state index contributed by atoms with van der Waals surface area (Å²) < 4.78 is 1.93. The molecule has 22 heavy (non-hydrogen) atoms. The molecule has 0 aliphatic rings. The van der Waals surface area contributed by atoms with Gasteiger partial charge in [0.15, 0.2) is 0 Å². The van der Waals surface area contributed by atoms with E-state index in [2.05, 4.69) is 5.32 Å². The van der Waals surface area contributed by atoms with E-state index in [-0.39, 0.29) is 0 Å². The van der Waals surface area contributed by atoms with Gasteiger partial charge in [0.25, 0.3) is 0 Å². The van der Waals surface area contributed by atoms with Gasteiger partial charge in [-0.15, -0.1) is 0 Å². The summed E-state index contributed by atoms with van der Waals surface area (Å²) in [5, 5.41) is 24.1. The van der Waals surface area contributed by atoms with Gasteiger partial charge in [0.2, 0.25) is 0 Å². The van der Waals surface area contributed by atoms with Gasteiger partial charge in [-0.3, -0.25) is 0 Å². The van der Waals surface area contributed by atoms with Crippen LogP contribution in [0.15, 0.2) is 24.3 Å². The van der Waals surface area contributed by atoms with Crippen LogP contribution in [-0.4, -0.2) is 34.5 Å². The van der Waals surface area contributed by atoms with Crippen LogP contribution in [0.25, 0.3) is 5.69 Å². The molecule has 0 bridgehead atoms. The Balaban J connectivity index is 2.50. The number of aromatic nitrogens is 1. The molecule has 0 saturated heterocycles. The predicted molar refractivity (Wildman–Crippen MR) is 90.2 cm³/mol. The highest BCUT2D eigenvalue weighted by atomic mass is 35.5. The monoisotopic (exact) mass is 342 g/mol. The Hall–Kier alpha value is -1.04. The third-order valence-corrected chi connectivity index (χ3v) is 4.55. The van der Waals surface area contributed by atoms with E-state index in [0.29, 0.717) is 22.2 Å². The number of halogens is 2. The van der Waals surface area contributed by atoms with Crippen molar-refractivity contribution < 1.29 is 10.2 Å². The molecule has 0 spiro atoms. The highest BCUT2D eigenvalue weighted by Gasteiger charge is 2.23. The SMILES string of the molecule is CNCC(O)C(O)c1cc(C)n(-c2cccc(Cl)c2Cl)c1C. The molecule has 0 fully saturated rings. The molecule has 0 aliphatic carbocycles. The van der Waals surface area contributed by atoms with Crippen LogP contribution >= 0.6 is 23.2 Å². The quantitative estimate of drug-likeness (QED) is 0.782. The van der Waals surface area contributed by atoms with Crippen LogP contribution in [0.4, 0.5) is 0 Å². The van der Waals surface area contributed by atoms with E-state index in [4.69, 9.17) is 23.2 Å². The Labute approximate surface area is 140 Å². The van der Waals surface area contributed by atoms with Crippen molar-refractivity contribution in [1.29, 1.82) is 0 Å². The molecule has 4 nitrogen and oxygen atoms in total. The maximum atomic E-state index is 10.3. The second-order valence-corrected chi connectivity index (χ2v) is 6.09. The molecular weight excluding hydrogens is 323 g/mol. The van der Waals surface area contributed by atoms with Crippen LogP contribution in [0.5, 0.6) is 0 Å². The first kappa shape index (κ1) is 17.3. The van der Waals surface area contributed by atoms with Crippen molar-refractivity contribution in [2.75, 3.05) is 13.6 Å². The number of hydrogen-bond donors (Lipinski definition) is 3. The van der Waals surface area contributed by atoms with E-state index in [9.17, 15) is 10.2 Å². The number of likely N-dealkylation sites (N-methyl/N-ethyl adjacent to an activating group) is 1. The smallest absolute Gasteiger partial charge is 0.108 e. The Morgan fingerprint density at radius 1 is 1.23 bits per heavy atom. The normalized spacial score (nSPS) is 14.1. The van der Waals surface area contributed by atoms with Gasteiger partial charge in [-0.05, 0) is 39.1 Å².